The molecular formula is C20H22F3N3O4S. The second-order valence-electron chi connectivity index (χ2n) is 6.62. The molecule has 31 heavy (non-hydrogen) atoms. The number of allylic oxidation sites excluding steroid dienone is 1. The third-order valence-electron chi connectivity index (χ3n) is 4.28. The van der Waals surface area contributed by atoms with Crippen LogP contribution in [0.15, 0.2) is 46.9 Å². The van der Waals surface area contributed by atoms with Gasteiger partial charge >= 0.3 is 12.1 Å². The fraction of sp³-hybridized carbons (Fsp3) is 0.300. The highest BCUT2D eigenvalue weighted by atomic mass is 32.2. The standard InChI is InChI=1S/C20H22F3N3O4S/c1-4-30-17(27)11-25-18(12(2)19(24)20(21,22)23)16-9-8-15(26-16)13-6-5-7-14(10-13)31(3,28)29/h5-10,24-26H,4,11H2,1-3H3/b18-12-,24-19?. The number of ether oxygens (including phenoxy) is 1. The number of alkyl halides is 3. The van der Waals surface area contributed by atoms with Crippen molar-refractivity contribution in [3.63, 3.8) is 0 Å². The second-order valence-corrected chi connectivity index (χ2v) is 8.63. The number of benzene rings is 1. The molecule has 3 N–H and O–H groups in total. The van der Waals surface area contributed by atoms with Gasteiger partial charge in [0, 0.05) is 17.5 Å². The minimum absolute atomic E-state index is 0.0902. The van der Waals surface area contributed by atoms with Crippen LogP contribution >= 0.6 is 0 Å². The van der Waals surface area contributed by atoms with Gasteiger partial charge in [0.25, 0.3) is 0 Å². The van der Waals surface area contributed by atoms with Gasteiger partial charge in [-0.25, -0.2) is 8.42 Å². The van der Waals surface area contributed by atoms with E-state index in [9.17, 15) is 26.4 Å². The number of aromatic nitrogens is 1. The highest BCUT2D eigenvalue weighted by Gasteiger charge is 2.36. The maximum atomic E-state index is 13.1. The molecule has 2 rings (SSSR count). The average molecular weight is 457 g/mol. The number of halogens is 3. The van der Waals surface area contributed by atoms with Crippen molar-refractivity contribution in [2.45, 2.75) is 24.9 Å². The zero-order chi connectivity index (χ0) is 23.4. The Kier molecular flexibility index (Phi) is 7.32. The van der Waals surface area contributed by atoms with Crippen LogP contribution in [-0.2, 0) is 19.4 Å². The summed E-state index contributed by atoms with van der Waals surface area (Å²) in [7, 11) is -3.45. The average Bonchev–Trinajstić information content (AvgIpc) is 3.16. The lowest BCUT2D eigenvalue weighted by molar-refractivity contribution is -0.141. The van der Waals surface area contributed by atoms with Crippen molar-refractivity contribution in [1.29, 1.82) is 5.41 Å². The molecule has 1 aromatic carbocycles. The molecule has 11 heteroatoms. The van der Waals surface area contributed by atoms with Gasteiger partial charge < -0.3 is 15.0 Å². The van der Waals surface area contributed by atoms with Crippen LogP contribution in [-0.4, -0.2) is 50.7 Å². The van der Waals surface area contributed by atoms with E-state index in [2.05, 4.69) is 10.3 Å². The second kappa shape index (κ2) is 9.38. The molecule has 0 aliphatic heterocycles. The van der Waals surface area contributed by atoms with Crippen molar-refractivity contribution in [3.05, 3.63) is 47.7 Å². The summed E-state index contributed by atoms with van der Waals surface area (Å²) in [6.45, 7) is 2.43. The number of esters is 1. The Morgan fingerprint density at radius 3 is 2.48 bits per heavy atom. The predicted octanol–water partition coefficient (Wildman–Crippen LogP) is 3.55. The van der Waals surface area contributed by atoms with Crippen molar-refractivity contribution in [1.82, 2.24) is 10.3 Å². The number of H-pyrrole nitrogens is 1. The molecule has 0 bridgehead atoms. The summed E-state index contributed by atoms with van der Waals surface area (Å²) in [6.07, 6.45) is -3.81. The summed E-state index contributed by atoms with van der Waals surface area (Å²) >= 11 is 0. The lowest BCUT2D eigenvalue weighted by Gasteiger charge is -2.16. The first-order valence-electron chi connectivity index (χ1n) is 9.11. The van der Waals surface area contributed by atoms with Gasteiger partial charge in [-0.05, 0) is 43.7 Å². The Balaban J connectivity index is 2.48. The van der Waals surface area contributed by atoms with E-state index in [1.54, 1.807) is 25.1 Å². The first-order valence-corrected chi connectivity index (χ1v) is 11.0. The molecule has 0 atom stereocenters. The van der Waals surface area contributed by atoms with Gasteiger partial charge in [0.05, 0.1) is 22.9 Å². The Morgan fingerprint density at radius 2 is 1.90 bits per heavy atom. The van der Waals surface area contributed by atoms with Crippen molar-refractivity contribution in [2.75, 3.05) is 19.4 Å². The molecule has 0 spiro atoms. The van der Waals surface area contributed by atoms with Crippen LogP contribution in [0.1, 0.15) is 19.5 Å². The fourth-order valence-electron chi connectivity index (χ4n) is 2.74. The van der Waals surface area contributed by atoms with Crippen LogP contribution in [0.5, 0.6) is 0 Å². The topological polar surface area (TPSA) is 112 Å². The van der Waals surface area contributed by atoms with Crippen molar-refractivity contribution < 1.29 is 31.1 Å². The van der Waals surface area contributed by atoms with E-state index in [0.29, 0.717) is 11.3 Å². The number of nitrogens with one attached hydrogen (secondary N) is 3. The number of carbonyl (C=O) groups excluding carboxylic acids is 1. The Bertz CT molecular complexity index is 1120. The van der Waals surface area contributed by atoms with Crippen LogP contribution in [0.25, 0.3) is 17.0 Å². The Morgan fingerprint density at radius 1 is 1.23 bits per heavy atom. The summed E-state index contributed by atoms with van der Waals surface area (Å²) < 4.78 is 67.6. The molecule has 0 saturated heterocycles. The molecule has 0 amide bonds. The molecule has 0 unspecified atom stereocenters. The van der Waals surface area contributed by atoms with E-state index in [1.807, 2.05) is 0 Å². The van der Waals surface area contributed by atoms with E-state index < -0.39 is 39.8 Å². The van der Waals surface area contributed by atoms with E-state index in [4.69, 9.17) is 10.1 Å². The van der Waals surface area contributed by atoms with Crippen LogP contribution in [0.2, 0.25) is 0 Å². The highest BCUT2D eigenvalue weighted by Crippen LogP contribution is 2.28. The normalized spacial score (nSPS) is 12.8. The van der Waals surface area contributed by atoms with Gasteiger partial charge in [0.1, 0.15) is 12.3 Å². The Labute approximate surface area is 177 Å². The van der Waals surface area contributed by atoms with Crippen molar-refractivity contribution in [3.8, 4) is 11.3 Å². The number of rotatable bonds is 8. The van der Waals surface area contributed by atoms with Crippen molar-refractivity contribution in [2.24, 2.45) is 0 Å². The number of hydrogen-bond donors (Lipinski definition) is 3. The highest BCUT2D eigenvalue weighted by molar-refractivity contribution is 7.90. The molecule has 0 aliphatic carbocycles. The van der Waals surface area contributed by atoms with Gasteiger partial charge in [-0.3, -0.25) is 10.2 Å². The fourth-order valence-corrected chi connectivity index (χ4v) is 3.41. The van der Waals surface area contributed by atoms with E-state index in [-0.39, 0.29) is 22.9 Å². The van der Waals surface area contributed by atoms with Gasteiger partial charge in [-0.15, -0.1) is 0 Å². The molecule has 2 aromatic rings. The number of sulfone groups is 1. The van der Waals surface area contributed by atoms with Gasteiger partial charge in [-0.1, -0.05) is 12.1 Å². The minimum Gasteiger partial charge on any atom is -0.465 e. The number of carbonyl (C=O) groups is 1. The first-order chi connectivity index (χ1) is 14.3. The van der Waals surface area contributed by atoms with Crippen LogP contribution in [0.4, 0.5) is 13.2 Å². The summed E-state index contributed by atoms with van der Waals surface area (Å²) in [6, 6.07) is 9.10. The molecule has 0 fully saturated rings. The number of hydrogen-bond acceptors (Lipinski definition) is 6. The van der Waals surface area contributed by atoms with Crippen LogP contribution in [0, 0.1) is 5.41 Å². The van der Waals surface area contributed by atoms with Crippen LogP contribution < -0.4 is 5.32 Å². The van der Waals surface area contributed by atoms with E-state index >= 15 is 0 Å². The van der Waals surface area contributed by atoms with E-state index in [1.165, 1.54) is 18.2 Å². The molecule has 1 heterocycles. The maximum Gasteiger partial charge on any atom is 0.432 e. The first kappa shape index (κ1) is 24.2. The lowest BCUT2D eigenvalue weighted by atomic mass is 10.1. The third kappa shape index (κ3) is 6.20. The molecular weight excluding hydrogens is 435 g/mol. The monoisotopic (exact) mass is 457 g/mol. The molecule has 168 valence electrons. The third-order valence-corrected chi connectivity index (χ3v) is 5.39. The summed E-state index contributed by atoms with van der Waals surface area (Å²) in [5.41, 5.74) is -0.939. The van der Waals surface area contributed by atoms with Gasteiger partial charge in [0.15, 0.2) is 9.84 Å². The molecule has 0 radical (unpaired) electrons. The molecule has 1 aromatic heterocycles. The molecule has 7 nitrogen and oxygen atoms in total. The Hall–Kier alpha value is -3.08. The largest absolute Gasteiger partial charge is 0.465 e. The van der Waals surface area contributed by atoms with Gasteiger partial charge in [0.2, 0.25) is 0 Å². The van der Waals surface area contributed by atoms with Crippen molar-refractivity contribution >= 4 is 27.2 Å². The van der Waals surface area contributed by atoms with Gasteiger partial charge in [-0.2, -0.15) is 13.2 Å². The maximum absolute atomic E-state index is 13.1. The SMILES string of the molecule is CCOC(=O)CN/C(=C(/C)C(=N)C(F)(F)F)c1ccc(-c2cccc(S(C)(=O)=O)c2)[nH]1. The van der Waals surface area contributed by atoms with E-state index in [0.717, 1.165) is 13.2 Å². The molecule has 0 saturated carbocycles. The summed E-state index contributed by atoms with van der Waals surface area (Å²) in [5, 5.41) is 10.1. The lowest BCUT2D eigenvalue weighted by Crippen LogP contribution is -2.29. The zero-order valence-electron chi connectivity index (χ0n) is 17.1. The number of aromatic amines is 1. The summed E-state index contributed by atoms with van der Waals surface area (Å²) in [5.74, 6) is -0.668. The quantitative estimate of drug-likeness (QED) is 0.415. The predicted molar refractivity (Wildman–Crippen MR) is 110 cm³/mol. The smallest absolute Gasteiger partial charge is 0.432 e. The molecule has 0 aliphatic rings. The van der Waals surface area contributed by atoms with Crippen LogP contribution in [0.3, 0.4) is 0 Å². The minimum atomic E-state index is -4.87. The zero-order valence-corrected chi connectivity index (χ0v) is 17.9. The summed E-state index contributed by atoms with van der Waals surface area (Å²) in [4.78, 5) is 14.7.